The number of hydrogen-bond acceptors (Lipinski definition) is 2. The van der Waals surface area contributed by atoms with Gasteiger partial charge < -0.3 is 4.42 Å². The largest absolute Gasteiger partial charge is 0.463 e. The Morgan fingerprint density at radius 2 is 1.12 bits per heavy atom. The van der Waals surface area contributed by atoms with Crippen molar-refractivity contribution in [2.75, 3.05) is 0 Å². The fraction of sp³-hybridized carbons (Fsp3) is 0. The Bertz CT molecular complexity index is 2380. The fourth-order valence-electron chi connectivity index (χ4n) is 6.59. The van der Waals surface area contributed by atoms with Crippen molar-refractivity contribution in [3.05, 3.63) is 134 Å². The third-order valence-electron chi connectivity index (χ3n) is 8.34. The maximum atomic E-state index is 5.89. The molecular formula is C38H22OS. The predicted molar refractivity (Wildman–Crippen MR) is 172 cm³/mol. The average Bonchev–Trinajstić information content (AvgIpc) is 3.64. The van der Waals surface area contributed by atoms with Gasteiger partial charge in [0, 0.05) is 20.9 Å². The highest BCUT2D eigenvalue weighted by molar-refractivity contribution is 7.26. The normalized spacial score (nSPS) is 12.0. The number of thiophene rings is 1. The summed E-state index contributed by atoms with van der Waals surface area (Å²) < 4.78 is 8.39. The molecule has 0 bridgehead atoms. The maximum Gasteiger partial charge on any atom is 0.151 e. The summed E-state index contributed by atoms with van der Waals surface area (Å²) in [6.07, 6.45) is 1.79. The van der Waals surface area contributed by atoms with E-state index in [0.717, 1.165) is 11.0 Å². The van der Waals surface area contributed by atoms with E-state index in [1.54, 1.807) is 6.26 Å². The molecule has 0 atom stereocenters. The van der Waals surface area contributed by atoms with Crippen molar-refractivity contribution in [1.29, 1.82) is 0 Å². The molecular weight excluding hydrogens is 504 g/mol. The molecule has 40 heavy (non-hydrogen) atoms. The van der Waals surface area contributed by atoms with Gasteiger partial charge in [-0.25, -0.2) is 0 Å². The molecule has 0 saturated heterocycles. The van der Waals surface area contributed by atoms with Gasteiger partial charge in [0.25, 0.3) is 0 Å². The van der Waals surface area contributed by atoms with Crippen LogP contribution in [0, 0.1) is 0 Å². The molecule has 1 nitrogen and oxygen atoms in total. The summed E-state index contributed by atoms with van der Waals surface area (Å²) in [6, 6.07) is 46.6. The summed E-state index contributed by atoms with van der Waals surface area (Å²) in [5.41, 5.74) is 6.09. The molecule has 0 spiro atoms. The zero-order valence-electron chi connectivity index (χ0n) is 21.5. The lowest BCUT2D eigenvalue weighted by Gasteiger charge is -2.19. The number of furan rings is 1. The molecule has 0 amide bonds. The zero-order valence-corrected chi connectivity index (χ0v) is 22.3. The summed E-state index contributed by atoms with van der Waals surface area (Å²) in [5.74, 6) is 0. The van der Waals surface area contributed by atoms with E-state index in [0.29, 0.717) is 0 Å². The van der Waals surface area contributed by atoms with Crippen LogP contribution < -0.4 is 0 Å². The maximum absolute atomic E-state index is 5.89. The molecule has 7 aromatic carbocycles. The highest BCUT2D eigenvalue weighted by Crippen LogP contribution is 2.47. The number of hydrogen-bond donors (Lipinski definition) is 0. The van der Waals surface area contributed by atoms with Gasteiger partial charge in [-0.3, -0.25) is 0 Å². The monoisotopic (exact) mass is 526 g/mol. The topological polar surface area (TPSA) is 13.1 Å². The lowest BCUT2D eigenvalue weighted by molar-refractivity contribution is 0.619. The summed E-state index contributed by atoms with van der Waals surface area (Å²) in [5, 5.41) is 11.3. The Morgan fingerprint density at radius 3 is 1.90 bits per heavy atom. The Morgan fingerprint density at radius 1 is 0.450 bits per heavy atom. The molecule has 0 aliphatic rings. The molecule has 0 N–H and O–H groups in total. The van der Waals surface area contributed by atoms with Crippen LogP contribution in [-0.4, -0.2) is 0 Å². The van der Waals surface area contributed by atoms with Crippen LogP contribution in [0.4, 0.5) is 0 Å². The first-order valence-electron chi connectivity index (χ1n) is 13.6. The molecule has 0 saturated carbocycles. The second kappa shape index (κ2) is 8.29. The van der Waals surface area contributed by atoms with Crippen molar-refractivity contribution in [1.82, 2.24) is 0 Å². The first kappa shape index (κ1) is 22.0. The van der Waals surface area contributed by atoms with Crippen molar-refractivity contribution in [2.24, 2.45) is 0 Å². The molecule has 0 aliphatic heterocycles. The van der Waals surface area contributed by atoms with E-state index >= 15 is 0 Å². The van der Waals surface area contributed by atoms with Crippen molar-refractivity contribution in [3.63, 3.8) is 0 Å². The van der Waals surface area contributed by atoms with Crippen LogP contribution in [0.25, 0.3) is 85.7 Å². The summed E-state index contributed by atoms with van der Waals surface area (Å²) in [4.78, 5) is 0. The van der Waals surface area contributed by atoms with Gasteiger partial charge in [-0.15, -0.1) is 11.3 Å². The molecule has 0 unspecified atom stereocenters. The van der Waals surface area contributed by atoms with Crippen molar-refractivity contribution in [3.8, 4) is 22.3 Å². The molecule has 2 aromatic heterocycles. The van der Waals surface area contributed by atoms with Crippen molar-refractivity contribution >= 4 is 74.8 Å². The summed E-state index contributed by atoms with van der Waals surface area (Å²) in [6.45, 7) is 0. The van der Waals surface area contributed by atoms with E-state index in [1.165, 1.54) is 74.7 Å². The van der Waals surface area contributed by atoms with E-state index < -0.39 is 0 Å². The Labute approximate surface area is 234 Å². The summed E-state index contributed by atoms with van der Waals surface area (Å²) in [7, 11) is 0. The van der Waals surface area contributed by atoms with Crippen molar-refractivity contribution in [2.45, 2.75) is 0 Å². The quantitative estimate of drug-likeness (QED) is 0.204. The Hall–Kier alpha value is -4.92. The van der Waals surface area contributed by atoms with Gasteiger partial charge >= 0.3 is 0 Å². The van der Waals surface area contributed by atoms with Crippen LogP contribution >= 0.6 is 11.3 Å². The smallest absolute Gasteiger partial charge is 0.151 e. The number of benzene rings is 7. The molecule has 9 aromatic rings. The summed E-state index contributed by atoms with van der Waals surface area (Å²) >= 11 is 1.81. The molecule has 2 heterocycles. The first-order chi connectivity index (χ1) is 19.8. The fourth-order valence-corrected chi connectivity index (χ4v) is 7.77. The molecule has 2 heteroatoms. The molecule has 0 radical (unpaired) electrons. The second-order valence-electron chi connectivity index (χ2n) is 10.5. The van der Waals surface area contributed by atoms with Crippen molar-refractivity contribution < 1.29 is 4.42 Å². The molecule has 186 valence electrons. The minimum Gasteiger partial charge on any atom is -0.463 e. The molecule has 0 fully saturated rings. The van der Waals surface area contributed by atoms with Gasteiger partial charge in [-0.1, -0.05) is 109 Å². The molecule has 9 rings (SSSR count). The van der Waals surface area contributed by atoms with Gasteiger partial charge in [0.1, 0.15) is 0 Å². The average molecular weight is 527 g/mol. The third kappa shape index (κ3) is 3.03. The van der Waals surface area contributed by atoms with Crippen LogP contribution in [0.2, 0.25) is 0 Å². The van der Waals surface area contributed by atoms with Crippen LogP contribution in [0.15, 0.2) is 138 Å². The lowest BCUT2D eigenvalue weighted by atomic mass is 9.84. The van der Waals surface area contributed by atoms with Crippen LogP contribution in [0.1, 0.15) is 0 Å². The first-order valence-corrected chi connectivity index (χ1v) is 14.4. The number of fused-ring (bicyclic) bond motifs is 8. The van der Waals surface area contributed by atoms with Crippen LogP contribution in [-0.2, 0) is 0 Å². The van der Waals surface area contributed by atoms with Gasteiger partial charge in [0.15, 0.2) is 5.58 Å². The minimum absolute atomic E-state index is 0.982. The third-order valence-corrected chi connectivity index (χ3v) is 9.52. The Balaban J connectivity index is 1.40. The second-order valence-corrected chi connectivity index (χ2v) is 11.5. The van der Waals surface area contributed by atoms with E-state index in [-0.39, 0.29) is 0 Å². The Kier molecular flexibility index (Phi) is 4.55. The standard InChI is InChI=1S/C38H22OS/c1-2-10-26-23(8-1)9-7-15-27(26)36-30-13-5-3-11-28(30)35(29-12-4-6-14-31(29)36)25-17-19-34-33(22-25)32-18-16-24-20-21-39-37(24)38(32)40-34/h1-22H. The van der Waals surface area contributed by atoms with Crippen LogP contribution in [0.3, 0.4) is 0 Å². The predicted octanol–water partition coefficient (Wildman–Crippen LogP) is 11.6. The number of rotatable bonds is 2. The van der Waals surface area contributed by atoms with E-state index in [4.69, 9.17) is 4.42 Å². The minimum atomic E-state index is 0.982. The SMILES string of the molecule is c1ccc2c(-c3c4ccccc4c(-c4ccc5sc6c(ccc7ccoc76)c5c4)c4ccccc34)cccc2c1. The highest BCUT2D eigenvalue weighted by atomic mass is 32.1. The van der Waals surface area contributed by atoms with Gasteiger partial charge in [0.05, 0.1) is 11.0 Å². The van der Waals surface area contributed by atoms with Gasteiger partial charge in [-0.05, 0) is 72.8 Å². The lowest BCUT2D eigenvalue weighted by Crippen LogP contribution is -1.91. The van der Waals surface area contributed by atoms with Gasteiger partial charge in [0.2, 0.25) is 0 Å². The zero-order chi connectivity index (χ0) is 26.2. The molecule has 0 aliphatic carbocycles. The van der Waals surface area contributed by atoms with Gasteiger partial charge in [-0.2, -0.15) is 0 Å². The van der Waals surface area contributed by atoms with E-state index in [9.17, 15) is 0 Å². The van der Waals surface area contributed by atoms with Crippen LogP contribution in [0.5, 0.6) is 0 Å². The van der Waals surface area contributed by atoms with E-state index in [1.807, 2.05) is 17.4 Å². The van der Waals surface area contributed by atoms with E-state index in [2.05, 4.69) is 121 Å². The highest BCUT2D eigenvalue weighted by Gasteiger charge is 2.19.